The van der Waals surface area contributed by atoms with Crippen LogP contribution in [0, 0.1) is 5.92 Å². The molecule has 1 aromatic rings. The number of carbonyl (C=O) groups excluding carboxylic acids is 1. The normalized spacial score (nSPS) is 21.8. The summed E-state index contributed by atoms with van der Waals surface area (Å²) in [6.07, 6.45) is 3.92. The first kappa shape index (κ1) is 15.8. The van der Waals surface area contributed by atoms with E-state index in [0.29, 0.717) is 19.4 Å². The maximum atomic E-state index is 11.9. The Morgan fingerprint density at radius 1 is 1.43 bits per heavy atom. The largest absolute Gasteiger partial charge is 0.481 e. The van der Waals surface area contributed by atoms with Crippen molar-refractivity contribution in [3.63, 3.8) is 0 Å². The zero-order chi connectivity index (χ0) is 15.2. The minimum Gasteiger partial charge on any atom is -0.481 e. The van der Waals surface area contributed by atoms with Gasteiger partial charge in [-0.1, -0.05) is 13.3 Å². The molecule has 2 unspecified atom stereocenters. The Labute approximate surface area is 128 Å². The summed E-state index contributed by atoms with van der Waals surface area (Å²) >= 11 is 1.65. The minimum absolute atomic E-state index is 0.0335. The van der Waals surface area contributed by atoms with Crippen molar-refractivity contribution in [3.8, 4) is 0 Å². The van der Waals surface area contributed by atoms with Crippen LogP contribution in [0.4, 0.5) is 4.79 Å². The van der Waals surface area contributed by atoms with Crippen LogP contribution in [0.5, 0.6) is 0 Å². The summed E-state index contributed by atoms with van der Waals surface area (Å²) < 4.78 is 0. The van der Waals surface area contributed by atoms with Gasteiger partial charge in [0.1, 0.15) is 0 Å². The van der Waals surface area contributed by atoms with Crippen LogP contribution in [0.15, 0.2) is 11.4 Å². The number of hydrogen-bond donors (Lipinski definition) is 3. The topological polar surface area (TPSA) is 78.4 Å². The smallest absolute Gasteiger partial charge is 0.315 e. The van der Waals surface area contributed by atoms with E-state index in [0.717, 1.165) is 19.3 Å². The van der Waals surface area contributed by atoms with Gasteiger partial charge in [0.15, 0.2) is 0 Å². The molecule has 1 aromatic heterocycles. The van der Waals surface area contributed by atoms with E-state index in [1.165, 1.54) is 10.4 Å². The molecule has 0 radical (unpaired) electrons. The zero-order valence-electron chi connectivity index (χ0n) is 12.2. The molecule has 116 valence electrons. The van der Waals surface area contributed by atoms with Crippen LogP contribution >= 0.6 is 11.3 Å². The quantitative estimate of drug-likeness (QED) is 0.782. The van der Waals surface area contributed by atoms with E-state index in [9.17, 15) is 9.59 Å². The average molecular weight is 310 g/mol. The zero-order valence-corrected chi connectivity index (χ0v) is 13.0. The molecule has 1 aliphatic carbocycles. The molecule has 2 rings (SSSR count). The Bertz CT molecular complexity index is 501. The lowest BCUT2D eigenvalue weighted by molar-refractivity contribution is -0.143. The molecule has 0 aliphatic heterocycles. The van der Waals surface area contributed by atoms with Gasteiger partial charge in [0, 0.05) is 10.9 Å². The Morgan fingerprint density at radius 3 is 2.95 bits per heavy atom. The molecule has 1 saturated carbocycles. The van der Waals surface area contributed by atoms with Crippen molar-refractivity contribution in [3.05, 3.63) is 21.9 Å². The van der Waals surface area contributed by atoms with Gasteiger partial charge in [0.2, 0.25) is 0 Å². The predicted molar refractivity (Wildman–Crippen MR) is 82.5 cm³/mol. The molecule has 0 bridgehead atoms. The second-order valence-electron chi connectivity index (χ2n) is 5.45. The Kier molecular flexibility index (Phi) is 5.61. The summed E-state index contributed by atoms with van der Waals surface area (Å²) in [5.41, 5.74) is 1.27. The summed E-state index contributed by atoms with van der Waals surface area (Å²) in [5.74, 6) is -1.08. The number of amides is 2. The molecule has 1 fully saturated rings. The fraction of sp³-hybridized carbons (Fsp3) is 0.600. The van der Waals surface area contributed by atoms with E-state index in [1.807, 2.05) is 5.38 Å². The summed E-state index contributed by atoms with van der Waals surface area (Å²) in [7, 11) is 0. The predicted octanol–water partition coefficient (Wildman–Crippen LogP) is 2.75. The van der Waals surface area contributed by atoms with E-state index in [2.05, 4.69) is 23.6 Å². The fourth-order valence-electron chi connectivity index (χ4n) is 2.78. The van der Waals surface area contributed by atoms with Crippen molar-refractivity contribution in [1.29, 1.82) is 0 Å². The maximum Gasteiger partial charge on any atom is 0.315 e. The number of aliphatic carboxylic acids is 1. The fourth-order valence-corrected chi connectivity index (χ4v) is 3.70. The molecule has 6 heteroatoms. The van der Waals surface area contributed by atoms with Crippen LogP contribution in [-0.2, 0) is 17.8 Å². The van der Waals surface area contributed by atoms with Crippen molar-refractivity contribution in [2.45, 2.75) is 51.6 Å². The summed E-state index contributed by atoms with van der Waals surface area (Å²) in [4.78, 5) is 24.1. The van der Waals surface area contributed by atoms with Crippen molar-refractivity contribution in [1.82, 2.24) is 10.6 Å². The van der Waals surface area contributed by atoms with Crippen LogP contribution in [-0.4, -0.2) is 23.1 Å². The van der Waals surface area contributed by atoms with Gasteiger partial charge in [-0.15, -0.1) is 11.3 Å². The molecular formula is C15H22N2O3S. The Hall–Kier alpha value is -1.56. The molecule has 0 aromatic carbocycles. The van der Waals surface area contributed by atoms with Crippen LogP contribution in [0.25, 0.3) is 0 Å². The number of carboxylic acid groups (broad SMARTS) is 1. The number of rotatable bonds is 5. The molecule has 21 heavy (non-hydrogen) atoms. The van der Waals surface area contributed by atoms with Crippen molar-refractivity contribution in [2.24, 2.45) is 5.92 Å². The first-order valence-electron chi connectivity index (χ1n) is 7.42. The van der Waals surface area contributed by atoms with E-state index >= 15 is 0 Å². The van der Waals surface area contributed by atoms with Crippen molar-refractivity contribution < 1.29 is 14.7 Å². The van der Waals surface area contributed by atoms with Gasteiger partial charge in [0.25, 0.3) is 0 Å². The first-order valence-corrected chi connectivity index (χ1v) is 8.30. The lowest BCUT2D eigenvalue weighted by Gasteiger charge is -2.27. The van der Waals surface area contributed by atoms with E-state index in [4.69, 9.17) is 5.11 Å². The number of carbonyl (C=O) groups is 2. The number of aryl methyl sites for hydroxylation is 1. The number of hydrogen-bond acceptors (Lipinski definition) is 3. The molecule has 1 aliphatic rings. The van der Waals surface area contributed by atoms with E-state index < -0.39 is 5.97 Å². The molecule has 0 spiro atoms. The number of nitrogens with one attached hydrogen (secondary N) is 2. The molecule has 2 atom stereocenters. The lowest BCUT2D eigenvalue weighted by atomic mass is 9.86. The van der Waals surface area contributed by atoms with Gasteiger partial charge in [-0.25, -0.2) is 4.79 Å². The van der Waals surface area contributed by atoms with Gasteiger partial charge in [-0.05, 0) is 42.7 Å². The maximum absolute atomic E-state index is 11.9. The monoisotopic (exact) mass is 310 g/mol. The van der Waals surface area contributed by atoms with Gasteiger partial charge in [0.05, 0.1) is 12.5 Å². The number of carboxylic acids is 1. The minimum atomic E-state index is -0.756. The van der Waals surface area contributed by atoms with Crippen LogP contribution in [0.2, 0.25) is 0 Å². The highest BCUT2D eigenvalue weighted by Gasteiger charge is 2.27. The highest BCUT2D eigenvalue weighted by molar-refractivity contribution is 7.10. The third kappa shape index (κ3) is 4.46. The van der Waals surface area contributed by atoms with E-state index in [-0.39, 0.29) is 18.0 Å². The number of urea groups is 1. The molecule has 1 heterocycles. The molecule has 2 amide bonds. The van der Waals surface area contributed by atoms with Gasteiger partial charge in [-0.3, -0.25) is 4.79 Å². The SMILES string of the molecule is CCc1ccsc1CNC(=O)NC1CCCC(C(=O)O)C1. The van der Waals surface area contributed by atoms with Gasteiger partial charge >= 0.3 is 12.0 Å². The average Bonchev–Trinajstić information content (AvgIpc) is 2.93. The van der Waals surface area contributed by atoms with Crippen LogP contribution < -0.4 is 10.6 Å². The van der Waals surface area contributed by atoms with Gasteiger partial charge in [-0.2, -0.15) is 0 Å². The summed E-state index contributed by atoms with van der Waals surface area (Å²) in [6.45, 7) is 2.63. The molecule has 3 N–H and O–H groups in total. The lowest BCUT2D eigenvalue weighted by Crippen LogP contribution is -2.44. The Morgan fingerprint density at radius 2 is 2.24 bits per heavy atom. The standard InChI is InChI=1S/C15H22N2O3S/c1-2-10-6-7-21-13(10)9-16-15(20)17-12-5-3-4-11(8-12)14(18)19/h6-7,11-12H,2-5,8-9H2,1H3,(H,18,19)(H2,16,17,20). The summed E-state index contributed by atoms with van der Waals surface area (Å²) in [6, 6.07) is 1.84. The summed E-state index contributed by atoms with van der Waals surface area (Å²) in [5, 5.41) is 16.8. The van der Waals surface area contributed by atoms with Crippen molar-refractivity contribution >= 4 is 23.3 Å². The third-order valence-corrected chi connectivity index (χ3v) is 4.95. The number of thiophene rings is 1. The van der Waals surface area contributed by atoms with Crippen LogP contribution in [0.3, 0.4) is 0 Å². The second kappa shape index (κ2) is 7.45. The highest BCUT2D eigenvalue weighted by Crippen LogP contribution is 2.24. The first-order chi connectivity index (χ1) is 10.1. The molecule has 0 saturated heterocycles. The molecule has 5 nitrogen and oxygen atoms in total. The Balaban J connectivity index is 1.78. The van der Waals surface area contributed by atoms with Crippen molar-refractivity contribution in [2.75, 3.05) is 0 Å². The van der Waals surface area contributed by atoms with Crippen LogP contribution in [0.1, 0.15) is 43.0 Å². The van der Waals surface area contributed by atoms with Gasteiger partial charge < -0.3 is 15.7 Å². The third-order valence-electron chi connectivity index (χ3n) is 3.99. The second-order valence-corrected chi connectivity index (χ2v) is 6.45. The highest BCUT2D eigenvalue weighted by atomic mass is 32.1. The molecular weight excluding hydrogens is 288 g/mol. The van der Waals surface area contributed by atoms with E-state index in [1.54, 1.807) is 11.3 Å².